The molecular formula is C10H20N2O2. The minimum atomic E-state index is 0.00654. The van der Waals surface area contributed by atoms with E-state index in [0.29, 0.717) is 6.54 Å². The smallest absolute Gasteiger partial charge is 0.236 e. The van der Waals surface area contributed by atoms with Gasteiger partial charge in [-0.25, -0.2) is 0 Å². The van der Waals surface area contributed by atoms with Gasteiger partial charge in [-0.05, 0) is 19.3 Å². The van der Waals surface area contributed by atoms with Crippen molar-refractivity contribution in [2.45, 2.75) is 24.9 Å². The number of ether oxygens (including phenoxy) is 1. The van der Waals surface area contributed by atoms with Crippen molar-refractivity contribution >= 4 is 5.91 Å². The summed E-state index contributed by atoms with van der Waals surface area (Å²) in [6, 6.07) is 0. The zero-order chi connectivity index (χ0) is 10.6. The topological polar surface area (TPSA) is 41.6 Å². The number of carbonyl (C=O) groups excluding carboxylic acids is 1. The zero-order valence-electron chi connectivity index (χ0n) is 9.30. The summed E-state index contributed by atoms with van der Waals surface area (Å²) < 4.78 is 5.43. The van der Waals surface area contributed by atoms with E-state index in [9.17, 15) is 4.79 Å². The maximum Gasteiger partial charge on any atom is 0.236 e. The number of methoxy groups -OCH3 is 1. The van der Waals surface area contributed by atoms with Crippen LogP contribution in [0.1, 0.15) is 19.3 Å². The summed E-state index contributed by atoms with van der Waals surface area (Å²) in [6.07, 6.45) is 3.44. The number of nitrogens with zero attached hydrogens (tertiary/aromatic N) is 1. The molecule has 82 valence electrons. The van der Waals surface area contributed by atoms with E-state index in [2.05, 4.69) is 5.32 Å². The molecule has 0 aromatic heterocycles. The van der Waals surface area contributed by atoms with Gasteiger partial charge in [0, 0.05) is 27.7 Å². The number of rotatable bonds is 5. The second-order valence-electron chi connectivity index (χ2n) is 4.13. The van der Waals surface area contributed by atoms with Gasteiger partial charge in [0.1, 0.15) is 0 Å². The third-order valence-corrected chi connectivity index (χ3v) is 2.92. The predicted octanol–water partition coefficient (Wildman–Crippen LogP) is 0.233. The third-order valence-electron chi connectivity index (χ3n) is 2.92. The molecule has 1 rings (SSSR count). The van der Waals surface area contributed by atoms with Gasteiger partial charge in [-0.3, -0.25) is 4.79 Å². The average Bonchev–Trinajstić information content (AvgIpc) is 2.09. The van der Waals surface area contributed by atoms with Crippen LogP contribution in [0.25, 0.3) is 0 Å². The fourth-order valence-corrected chi connectivity index (χ4v) is 1.58. The number of amides is 1. The molecule has 0 radical (unpaired) electrons. The van der Waals surface area contributed by atoms with Gasteiger partial charge in [0.15, 0.2) is 0 Å². The van der Waals surface area contributed by atoms with Crippen LogP contribution in [0.3, 0.4) is 0 Å². The fraction of sp³-hybridized carbons (Fsp3) is 0.900. The molecule has 0 heterocycles. The van der Waals surface area contributed by atoms with Crippen LogP contribution in [0, 0.1) is 0 Å². The number of carbonyl (C=O) groups is 1. The van der Waals surface area contributed by atoms with Crippen molar-refractivity contribution in [1.82, 2.24) is 10.2 Å². The first kappa shape index (κ1) is 11.5. The number of nitrogens with one attached hydrogen (secondary N) is 1. The van der Waals surface area contributed by atoms with E-state index in [1.165, 1.54) is 6.42 Å². The molecular weight excluding hydrogens is 180 g/mol. The predicted molar refractivity (Wildman–Crippen MR) is 55.2 cm³/mol. The molecule has 4 nitrogen and oxygen atoms in total. The van der Waals surface area contributed by atoms with Crippen LogP contribution in [-0.2, 0) is 9.53 Å². The molecule has 0 aromatic carbocycles. The Morgan fingerprint density at radius 3 is 2.50 bits per heavy atom. The lowest BCUT2D eigenvalue weighted by Crippen LogP contribution is -2.49. The molecule has 0 aliphatic heterocycles. The molecule has 0 atom stereocenters. The first-order valence-electron chi connectivity index (χ1n) is 5.06. The van der Waals surface area contributed by atoms with E-state index in [1.807, 2.05) is 0 Å². The largest absolute Gasteiger partial charge is 0.377 e. The molecule has 0 bridgehead atoms. The maximum atomic E-state index is 11.2. The second-order valence-corrected chi connectivity index (χ2v) is 4.13. The summed E-state index contributed by atoms with van der Waals surface area (Å²) in [5, 5.41) is 3.14. The Labute approximate surface area is 85.6 Å². The Morgan fingerprint density at radius 2 is 2.14 bits per heavy atom. The van der Waals surface area contributed by atoms with Gasteiger partial charge >= 0.3 is 0 Å². The second kappa shape index (κ2) is 4.75. The Kier molecular flexibility index (Phi) is 3.89. The van der Waals surface area contributed by atoms with Crippen LogP contribution >= 0.6 is 0 Å². The van der Waals surface area contributed by atoms with Crippen LogP contribution in [0.2, 0.25) is 0 Å². The average molecular weight is 200 g/mol. The summed E-state index contributed by atoms with van der Waals surface area (Å²) in [5.74, 6) is 0.107. The summed E-state index contributed by atoms with van der Waals surface area (Å²) in [5.41, 5.74) is 0.00654. The standard InChI is InChI=1S/C10H20N2O2/c1-12(2)9(13)7-11-8-10(14-3)5-4-6-10/h11H,4-8H2,1-3H3. The molecule has 0 spiro atoms. The molecule has 4 heteroatoms. The highest BCUT2D eigenvalue weighted by molar-refractivity contribution is 5.77. The summed E-state index contributed by atoms with van der Waals surface area (Å²) in [4.78, 5) is 12.8. The normalized spacial score (nSPS) is 18.8. The molecule has 14 heavy (non-hydrogen) atoms. The van der Waals surface area contributed by atoms with Crippen molar-refractivity contribution in [3.8, 4) is 0 Å². The van der Waals surface area contributed by atoms with E-state index in [-0.39, 0.29) is 11.5 Å². The van der Waals surface area contributed by atoms with Crippen LogP contribution < -0.4 is 5.32 Å². The molecule has 1 fully saturated rings. The van der Waals surface area contributed by atoms with Crippen LogP contribution in [-0.4, -0.2) is 50.7 Å². The van der Waals surface area contributed by atoms with Crippen LogP contribution in [0.5, 0.6) is 0 Å². The SMILES string of the molecule is COC1(CNCC(=O)N(C)C)CCC1. The molecule has 1 amide bonds. The van der Waals surface area contributed by atoms with Crippen molar-refractivity contribution in [2.75, 3.05) is 34.3 Å². The summed E-state index contributed by atoms with van der Waals surface area (Å²) in [7, 11) is 5.27. The minimum Gasteiger partial charge on any atom is -0.377 e. The first-order chi connectivity index (χ1) is 6.59. The number of hydrogen-bond acceptors (Lipinski definition) is 3. The van der Waals surface area contributed by atoms with Crippen LogP contribution in [0.15, 0.2) is 0 Å². The van der Waals surface area contributed by atoms with Crippen molar-refractivity contribution < 1.29 is 9.53 Å². The van der Waals surface area contributed by atoms with Gasteiger partial charge in [-0.2, -0.15) is 0 Å². The van der Waals surface area contributed by atoms with Gasteiger partial charge in [0.2, 0.25) is 5.91 Å². The maximum absolute atomic E-state index is 11.2. The molecule has 0 aromatic rings. The molecule has 0 unspecified atom stereocenters. The lowest BCUT2D eigenvalue weighted by molar-refractivity contribution is -0.128. The van der Waals surface area contributed by atoms with Gasteiger partial charge in [-0.1, -0.05) is 0 Å². The molecule has 1 saturated carbocycles. The molecule has 1 aliphatic rings. The quantitative estimate of drug-likeness (QED) is 0.691. The molecule has 0 saturated heterocycles. The van der Waals surface area contributed by atoms with E-state index >= 15 is 0 Å². The Balaban J connectivity index is 2.17. The third kappa shape index (κ3) is 2.69. The highest BCUT2D eigenvalue weighted by Gasteiger charge is 2.36. The highest BCUT2D eigenvalue weighted by Crippen LogP contribution is 2.34. The van der Waals surface area contributed by atoms with Crippen molar-refractivity contribution in [3.05, 3.63) is 0 Å². The van der Waals surface area contributed by atoms with Crippen molar-refractivity contribution in [3.63, 3.8) is 0 Å². The van der Waals surface area contributed by atoms with Gasteiger partial charge in [0.25, 0.3) is 0 Å². The molecule has 1 aliphatic carbocycles. The first-order valence-corrected chi connectivity index (χ1v) is 5.06. The van der Waals surface area contributed by atoms with Crippen molar-refractivity contribution in [1.29, 1.82) is 0 Å². The molecule has 1 N–H and O–H groups in total. The van der Waals surface area contributed by atoms with E-state index in [0.717, 1.165) is 19.4 Å². The lowest BCUT2D eigenvalue weighted by Gasteiger charge is -2.40. The summed E-state index contributed by atoms with van der Waals surface area (Å²) >= 11 is 0. The number of hydrogen-bond donors (Lipinski definition) is 1. The van der Waals surface area contributed by atoms with E-state index in [4.69, 9.17) is 4.74 Å². The Hall–Kier alpha value is -0.610. The van der Waals surface area contributed by atoms with Crippen molar-refractivity contribution in [2.24, 2.45) is 0 Å². The van der Waals surface area contributed by atoms with E-state index in [1.54, 1.807) is 26.1 Å². The Bertz CT molecular complexity index is 195. The van der Waals surface area contributed by atoms with Gasteiger partial charge in [-0.15, -0.1) is 0 Å². The minimum absolute atomic E-state index is 0.00654. The fourth-order valence-electron chi connectivity index (χ4n) is 1.58. The monoisotopic (exact) mass is 200 g/mol. The summed E-state index contributed by atoms with van der Waals surface area (Å²) in [6.45, 7) is 1.18. The lowest BCUT2D eigenvalue weighted by atomic mass is 9.80. The van der Waals surface area contributed by atoms with E-state index < -0.39 is 0 Å². The van der Waals surface area contributed by atoms with Gasteiger partial charge in [0.05, 0.1) is 12.1 Å². The zero-order valence-corrected chi connectivity index (χ0v) is 9.30. The highest BCUT2D eigenvalue weighted by atomic mass is 16.5. The van der Waals surface area contributed by atoms with Crippen LogP contribution in [0.4, 0.5) is 0 Å². The number of likely N-dealkylation sites (N-methyl/N-ethyl adjacent to an activating group) is 1. The van der Waals surface area contributed by atoms with Gasteiger partial charge < -0.3 is 15.0 Å². The Morgan fingerprint density at radius 1 is 1.50 bits per heavy atom.